The van der Waals surface area contributed by atoms with Gasteiger partial charge in [0.15, 0.2) is 5.82 Å². The second-order valence-electron chi connectivity index (χ2n) is 3.70. The van der Waals surface area contributed by atoms with Gasteiger partial charge in [-0.1, -0.05) is 15.9 Å². The molecule has 0 aliphatic heterocycles. The van der Waals surface area contributed by atoms with E-state index in [-0.39, 0.29) is 0 Å². The molecule has 3 N–H and O–H groups in total. The fourth-order valence-electron chi connectivity index (χ4n) is 1.49. The summed E-state index contributed by atoms with van der Waals surface area (Å²) in [4.78, 5) is 4.06. The molecule has 92 valence electrons. The molecule has 0 amide bonds. The van der Waals surface area contributed by atoms with Gasteiger partial charge in [-0.05, 0) is 24.3 Å². The van der Waals surface area contributed by atoms with E-state index in [0.717, 1.165) is 4.47 Å². The highest BCUT2D eigenvalue weighted by atomic mass is 79.9. The van der Waals surface area contributed by atoms with Gasteiger partial charge in [0.25, 0.3) is 0 Å². The summed E-state index contributed by atoms with van der Waals surface area (Å²) in [6, 6.07) is 10.8. The Bertz CT molecular complexity index is 712. The third kappa shape index (κ3) is 2.82. The van der Waals surface area contributed by atoms with E-state index in [0.29, 0.717) is 28.3 Å². The fourth-order valence-corrected chi connectivity index (χ4v) is 1.85. The minimum atomic E-state index is 0.353. The van der Waals surface area contributed by atoms with Gasteiger partial charge >= 0.3 is 0 Å². The zero-order valence-electron chi connectivity index (χ0n) is 9.68. The Balaban J connectivity index is 2.37. The smallest absolute Gasteiger partial charge is 0.153 e. The maximum atomic E-state index is 9.07. The van der Waals surface area contributed by atoms with Crippen LogP contribution in [0.3, 0.4) is 0 Å². The van der Waals surface area contributed by atoms with Crippen molar-refractivity contribution in [3.8, 4) is 12.1 Å². The molecule has 6 heteroatoms. The number of hydrogen-bond donors (Lipinski definition) is 2. The number of anilines is 3. The minimum Gasteiger partial charge on any atom is -0.396 e. The number of nitriles is 2. The highest BCUT2D eigenvalue weighted by Crippen LogP contribution is 2.26. The van der Waals surface area contributed by atoms with E-state index < -0.39 is 0 Å². The second kappa shape index (κ2) is 5.38. The van der Waals surface area contributed by atoms with Gasteiger partial charge in [0, 0.05) is 10.7 Å². The molecule has 0 saturated heterocycles. The first-order valence-corrected chi connectivity index (χ1v) is 6.05. The van der Waals surface area contributed by atoms with Gasteiger partial charge in [-0.3, -0.25) is 0 Å². The minimum absolute atomic E-state index is 0.353. The van der Waals surface area contributed by atoms with Gasteiger partial charge in [-0.25, -0.2) is 4.98 Å². The molecule has 0 saturated carbocycles. The van der Waals surface area contributed by atoms with Crippen LogP contribution in [0.15, 0.2) is 34.9 Å². The highest BCUT2D eigenvalue weighted by Gasteiger charge is 2.07. The van der Waals surface area contributed by atoms with E-state index in [9.17, 15) is 0 Å². The summed E-state index contributed by atoms with van der Waals surface area (Å²) in [5.41, 5.74) is 7.62. The first-order valence-electron chi connectivity index (χ1n) is 5.26. The van der Waals surface area contributed by atoms with E-state index in [2.05, 4.69) is 32.3 Å². The van der Waals surface area contributed by atoms with Gasteiger partial charge in [-0.15, -0.1) is 0 Å². The van der Waals surface area contributed by atoms with Crippen molar-refractivity contribution < 1.29 is 0 Å². The van der Waals surface area contributed by atoms with Gasteiger partial charge in [0.2, 0.25) is 0 Å². The van der Waals surface area contributed by atoms with Crippen LogP contribution in [-0.4, -0.2) is 4.98 Å². The lowest BCUT2D eigenvalue weighted by Gasteiger charge is -2.10. The molecule has 5 nitrogen and oxygen atoms in total. The number of pyridine rings is 1. The normalized spacial score (nSPS) is 9.42. The summed E-state index contributed by atoms with van der Waals surface area (Å²) in [5, 5.41) is 20.8. The predicted molar refractivity (Wildman–Crippen MR) is 75.5 cm³/mol. The van der Waals surface area contributed by atoms with Gasteiger partial charge in [0.1, 0.15) is 12.1 Å². The lowest BCUT2D eigenvalue weighted by Crippen LogP contribution is -2.01. The standard InChI is InChI=1S/C13H8BrN5/c14-10-1-2-12(9(4-10)6-16)19-13-11(17)3-8(5-15)7-18-13/h1-4,7H,17H2,(H,18,19). The van der Waals surface area contributed by atoms with Crippen molar-refractivity contribution in [1.29, 1.82) is 10.5 Å². The summed E-state index contributed by atoms with van der Waals surface area (Å²) >= 11 is 3.30. The molecule has 1 heterocycles. The Labute approximate surface area is 118 Å². The molecule has 1 aromatic heterocycles. The van der Waals surface area contributed by atoms with Crippen LogP contribution in [0.25, 0.3) is 0 Å². The largest absolute Gasteiger partial charge is 0.396 e. The molecule has 0 bridgehead atoms. The number of halogens is 1. The van der Waals surface area contributed by atoms with Crippen LogP contribution >= 0.6 is 15.9 Å². The first kappa shape index (κ1) is 12.9. The Kier molecular flexibility index (Phi) is 3.65. The molecule has 0 radical (unpaired) electrons. The van der Waals surface area contributed by atoms with Crippen molar-refractivity contribution in [2.45, 2.75) is 0 Å². The van der Waals surface area contributed by atoms with Crippen molar-refractivity contribution in [3.05, 3.63) is 46.1 Å². The SMILES string of the molecule is N#Cc1cnc(Nc2ccc(Br)cc2C#N)c(N)c1. The molecular formula is C13H8BrN5. The molecular weight excluding hydrogens is 306 g/mol. The molecule has 2 rings (SSSR count). The third-order valence-corrected chi connectivity index (χ3v) is 2.89. The van der Waals surface area contributed by atoms with Crippen LogP contribution in [-0.2, 0) is 0 Å². The number of nitrogens with one attached hydrogen (secondary N) is 1. The number of nitrogen functional groups attached to an aromatic ring is 1. The molecule has 2 aromatic rings. The van der Waals surface area contributed by atoms with Crippen LogP contribution < -0.4 is 11.1 Å². The van der Waals surface area contributed by atoms with Gasteiger partial charge < -0.3 is 11.1 Å². The zero-order valence-corrected chi connectivity index (χ0v) is 11.3. The fraction of sp³-hybridized carbons (Fsp3) is 0. The van der Waals surface area contributed by atoms with Crippen LogP contribution in [0.5, 0.6) is 0 Å². The van der Waals surface area contributed by atoms with E-state index in [1.54, 1.807) is 12.1 Å². The number of nitrogens with zero attached hydrogens (tertiary/aromatic N) is 3. The lowest BCUT2D eigenvalue weighted by atomic mass is 10.2. The molecule has 0 unspecified atom stereocenters. The lowest BCUT2D eigenvalue weighted by molar-refractivity contribution is 1.29. The number of rotatable bonds is 2. The van der Waals surface area contributed by atoms with Crippen molar-refractivity contribution in [3.63, 3.8) is 0 Å². The summed E-state index contributed by atoms with van der Waals surface area (Å²) in [7, 11) is 0. The molecule has 0 fully saturated rings. The van der Waals surface area contributed by atoms with Crippen LogP contribution in [0.2, 0.25) is 0 Å². The van der Waals surface area contributed by atoms with Crippen LogP contribution in [0, 0.1) is 22.7 Å². The Morgan fingerprint density at radius 3 is 2.63 bits per heavy atom. The van der Waals surface area contributed by atoms with Crippen molar-refractivity contribution in [2.24, 2.45) is 0 Å². The summed E-state index contributed by atoms with van der Waals surface area (Å²) in [6.45, 7) is 0. The van der Waals surface area contributed by atoms with E-state index >= 15 is 0 Å². The average Bonchev–Trinajstić information content (AvgIpc) is 2.42. The number of benzene rings is 1. The summed E-state index contributed by atoms with van der Waals surface area (Å²) in [6.07, 6.45) is 1.42. The molecule has 0 aliphatic rings. The molecule has 1 aromatic carbocycles. The molecule has 0 spiro atoms. The first-order chi connectivity index (χ1) is 9.13. The van der Waals surface area contributed by atoms with Gasteiger partial charge in [0.05, 0.1) is 22.5 Å². The van der Waals surface area contributed by atoms with Crippen molar-refractivity contribution in [1.82, 2.24) is 4.98 Å². The van der Waals surface area contributed by atoms with E-state index in [4.69, 9.17) is 16.3 Å². The quantitative estimate of drug-likeness (QED) is 0.888. The van der Waals surface area contributed by atoms with E-state index in [1.165, 1.54) is 12.3 Å². The van der Waals surface area contributed by atoms with Gasteiger partial charge in [-0.2, -0.15) is 10.5 Å². The summed E-state index contributed by atoms with van der Waals surface area (Å²) < 4.78 is 0.815. The maximum absolute atomic E-state index is 9.07. The average molecular weight is 314 g/mol. The highest BCUT2D eigenvalue weighted by molar-refractivity contribution is 9.10. The summed E-state index contributed by atoms with van der Waals surface area (Å²) in [5.74, 6) is 0.415. The molecule has 0 atom stereocenters. The number of nitrogens with two attached hydrogens (primary N) is 1. The monoisotopic (exact) mass is 313 g/mol. The number of hydrogen-bond acceptors (Lipinski definition) is 5. The Morgan fingerprint density at radius 2 is 2.00 bits per heavy atom. The molecule has 0 aliphatic carbocycles. The topological polar surface area (TPSA) is 98.5 Å². The maximum Gasteiger partial charge on any atom is 0.153 e. The predicted octanol–water partition coefficient (Wildman–Crippen LogP) is 2.91. The van der Waals surface area contributed by atoms with E-state index in [1.807, 2.05) is 12.1 Å². The Morgan fingerprint density at radius 1 is 1.21 bits per heavy atom. The number of aromatic nitrogens is 1. The molecule has 19 heavy (non-hydrogen) atoms. The van der Waals surface area contributed by atoms with Crippen molar-refractivity contribution in [2.75, 3.05) is 11.1 Å². The van der Waals surface area contributed by atoms with Crippen LogP contribution in [0.1, 0.15) is 11.1 Å². The Hall–Kier alpha value is -2.57. The second-order valence-corrected chi connectivity index (χ2v) is 4.62. The third-order valence-electron chi connectivity index (χ3n) is 2.40. The zero-order chi connectivity index (χ0) is 13.8. The van der Waals surface area contributed by atoms with Crippen molar-refractivity contribution >= 4 is 33.1 Å². The van der Waals surface area contributed by atoms with Crippen LogP contribution in [0.4, 0.5) is 17.2 Å².